The number of nitrogen functional groups attached to an aromatic ring is 1. The molecule has 4 N–H and O–H groups in total. The van der Waals surface area contributed by atoms with Crippen molar-refractivity contribution in [1.29, 1.82) is 0 Å². The lowest BCUT2D eigenvalue weighted by molar-refractivity contribution is 0.0697. The van der Waals surface area contributed by atoms with E-state index in [0.29, 0.717) is 16.5 Å². The molecule has 0 aliphatic rings. The molecule has 0 atom stereocenters. The highest BCUT2D eigenvalue weighted by Crippen LogP contribution is 2.13. The largest absolute Gasteiger partial charge is 0.478 e. The molecule has 0 saturated carbocycles. The average molecular weight is 276 g/mol. The third-order valence-corrected chi connectivity index (χ3v) is 3.05. The zero-order chi connectivity index (χ0) is 13.8. The molecule has 1 heterocycles. The number of rotatable bonds is 4. The van der Waals surface area contributed by atoms with Crippen molar-refractivity contribution in [2.24, 2.45) is 5.10 Å². The van der Waals surface area contributed by atoms with Gasteiger partial charge < -0.3 is 10.8 Å². The van der Waals surface area contributed by atoms with Gasteiger partial charge in [-0.1, -0.05) is 0 Å². The van der Waals surface area contributed by atoms with E-state index in [1.54, 1.807) is 12.1 Å². The molecule has 0 saturated heterocycles. The van der Waals surface area contributed by atoms with Crippen molar-refractivity contribution >= 4 is 33.8 Å². The molecule has 0 aliphatic carbocycles. The fraction of sp³-hybridized carbons (Fsp3) is 0.0833. The maximum atomic E-state index is 10.7. The lowest BCUT2D eigenvalue weighted by atomic mass is 10.2. The smallest absolute Gasteiger partial charge is 0.335 e. The Bertz CT molecular complexity index is 619. The molecule has 0 fully saturated rings. The van der Waals surface area contributed by atoms with Crippen LogP contribution < -0.4 is 11.2 Å². The predicted molar refractivity (Wildman–Crippen MR) is 75.8 cm³/mol. The summed E-state index contributed by atoms with van der Waals surface area (Å²) in [6.07, 6.45) is 0. The van der Waals surface area contributed by atoms with E-state index in [1.807, 2.05) is 12.3 Å². The summed E-state index contributed by atoms with van der Waals surface area (Å²) in [4.78, 5) is 14.8. The van der Waals surface area contributed by atoms with Crippen LogP contribution in [0.4, 0.5) is 10.8 Å². The predicted octanol–water partition coefficient (Wildman–Crippen LogP) is 2.26. The Balaban J connectivity index is 2.07. The molecule has 2 aromatic rings. The summed E-state index contributed by atoms with van der Waals surface area (Å²) in [5.74, 6) is -0.954. The van der Waals surface area contributed by atoms with E-state index in [9.17, 15) is 4.79 Å². The highest BCUT2D eigenvalue weighted by molar-refractivity contribution is 7.13. The Morgan fingerprint density at radius 1 is 1.42 bits per heavy atom. The van der Waals surface area contributed by atoms with Crippen LogP contribution in [0.2, 0.25) is 0 Å². The Morgan fingerprint density at radius 2 is 2.11 bits per heavy atom. The maximum Gasteiger partial charge on any atom is 0.335 e. The van der Waals surface area contributed by atoms with Crippen molar-refractivity contribution in [3.8, 4) is 0 Å². The van der Waals surface area contributed by atoms with Crippen LogP contribution in [0.25, 0.3) is 0 Å². The van der Waals surface area contributed by atoms with Crippen molar-refractivity contribution in [1.82, 2.24) is 4.98 Å². The first-order chi connectivity index (χ1) is 9.06. The molecule has 0 spiro atoms. The molecule has 0 aliphatic heterocycles. The zero-order valence-electron chi connectivity index (χ0n) is 10.1. The van der Waals surface area contributed by atoms with Crippen molar-refractivity contribution in [3.05, 3.63) is 40.9 Å². The number of thiazole rings is 1. The van der Waals surface area contributed by atoms with E-state index in [4.69, 9.17) is 10.8 Å². The number of hydrogen-bond acceptors (Lipinski definition) is 6. The number of nitrogens with two attached hydrogens (primary N) is 1. The van der Waals surface area contributed by atoms with E-state index in [2.05, 4.69) is 15.5 Å². The summed E-state index contributed by atoms with van der Waals surface area (Å²) < 4.78 is 0. The molecule has 0 radical (unpaired) electrons. The molecule has 0 bridgehead atoms. The second-order valence-electron chi connectivity index (χ2n) is 3.76. The second kappa shape index (κ2) is 5.49. The zero-order valence-corrected chi connectivity index (χ0v) is 10.9. The van der Waals surface area contributed by atoms with Crippen LogP contribution >= 0.6 is 11.3 Å². The van der Waals surface area contributed by atoms with Crippen LogP contribution in [-0.4, -0.2) is 21.8 Å². The topological polar surface area (TPSA) is 101 Å². The van der Waals surface area contributed by atoms with Gasteiger partial charge >= 0.3 is 5.97 Å². The minimum absolute atomic E-state index is 0.235. The first kappa shape index (κ1) is 13.0. The van der Waals surface area contributed by atoms with E-state index >= 15 is 0 Å². The van der Waals surface area contributed by atoms with E-state index in [0.717, 1.165) is 5.69 Å². The van der Waals surface area contributed by atoms with Crippen LogP contribution in [0, 0.1) is 0 Å². The molecule has 1 aromatic heterocycles. The Labute approximate surface area is 113 Å². The van der Waals surface area contributed by atoms with Crippen molar-refractivity contribution in [3.63, 3.8) is 0 Å². The molecule has 1 aromatic carbocycles. The number of benzene rings is 1. The lowest BCUT2D eigenvalue weighted by Crippen LogP contribution is -2.01. The molecular formula is C12H12N4O2S. The molecule has 19 heavy (non-hydrogen) atoms. The SMILES string of the molecule is C/C(=N\Nc1ccc(C(=O)O)cc1)c1csc(N)n1. The minimum atomic E-state index is -0.954. The van der Waals surface area contributed by atoms with Gasteiger partial charge in [0.1, 0.15) is 0 Å². The molecule has 7 heteroatoms. The van der Waals surface area contributed by atoms with Gasteiger partial charge in [-0.15, -0.1) is 11.3 Å². The molecular weight excluding hydrogens is 264 g/mol. The van der Waals surface area contributed by atoms with Crippen LogP contribution in [0.1, 0.15) is 23.0 Å². The van der Waals surface area contributed by atoms with Gasteiger partial charge in [0.15, 0.2) is 5.13 Å². The number of carbonyl (C=O) groups is 1. The van der Waals surface area contributed by atoms with Crippen molar-refractivity contribution in [2.45, 2.75) is 6.92 Å². The van der Waals surface area contributed by atoms with Crippen molar-refractivity contribution in [2.75, 3.05) is 11.2 Å². The molecule has 2 rings (SSSR count). The fourth-order valence-corrected chi connectivity index (χ4v) is 1.95. The number of nitrogens with one attached hydrogen (secondary N) is 1. The van der Waals surface area contributed by atoms with Crippen LogP contribution in [0.3, 0.4) is 0 Å². The number of nitrogens with zero attached hydrogens (tertiary/aromatic N) is 2. The molecule has 98 valence electrons. The number of hydrogen-bond donors (Lipinski definition) is 3. The Morgan fingerprint density at radius 3 is 2.63 bits per heavy atom. The third-order valence-electron chi connectivity index (χ3n) is 2.38. The molecule has 0 amide bonds. The highest BCUT2D eigenvalue weighted by Gasteiger charge is 2.03. The van der Waals surface area contributed by atoms with E-state index < -0.39 is 5.97 Å². The number of aromatic carboxylic acids is 1. The summed E-state index contributed by atoms with van der Waals surface area (Å²) in [5, 5.41) is 15.3. The Hall–Kier alpha value is -2.41. The normalized spacial score (nSPS) is 11.3. The van der Waals surface area contributed by atoms with Crippen LogP contribution in [0.5, 0.6) is 0 Å². The third kappa shape index (κ3) is 3.29. The summed E-state index contributed by atoms with van der Waals surface area (Å²) in [6, 6.07) is 6.32. The first-order valence-electron chi connectivity index (χ1n) is 5.41. The number of anilines is 2. The lowest BCUT2D eigenvalue weighted by Gasteiger charge is -2.02. The standard InChI is InChI=1S/C12H12N4O2S/c1-7(10-6-19-12(13)14-10)15-16-9-4-2-8(3-5-9)11(17)18/h2-6,16H,1H3,(H2,13,14)(H,17,18)/b15-7+. The van der Waals surface area contributed by atoms with Gasteiger partial charge in [-0.3, -0.25) is 5.43 Å². The number of hydrazone groups is 1. The summed E-state index contributed by atoms with van der Waals surface area (Å²) in [6.45, 7) is 1.81. The van der Waals surface area contributed by atoms with Crippen LogP contribution in [0.15, 0.2) is 34.7 Å². The summed E-state index contributed by atoms with van der Waals surface area (Å²) in [7, 11) is 0. The minimum Gasteiger partial charge on any atom is -0.478 e. The summed E-state index contributed by atoms with van der Waals surface area (Å²) >= 11 is 1.35. The number of aromatic nitrogens is 1. The van der Waals surface area contributed by atoms with Crippen LogP contribution in [-0.2, 0) is 0 Å². The van der Waals surface area contributed by atoms with Crippen molar-refractivity contribution < 1.29 is 9.90 Å². The molecule has 6 nitrogen and oxygen atoms in total. The fourth-order valence-electron chi connectivity index (χ4n) is 1.35. The number of carboxylic acids is 1. The van der Waals surface area contributed by atoms with Gasteiger partial charge in [0.05, 0.1) is 22.7 Å². The van der Waals surface area contributed by atoms with E-state index in [1.165, 1.54) is 23.5 Å². The van der Waals surface area contributed by atoms with Gasteiger partial charge in [0.25, 0.3) is 0 Å². The van der Waals surface area contributed by atoms with Gasteiger partial charge in [-0.25, -0.2) is 9.78 Å². The number of carboxylic acid groups (broad SMARTS) is 1. The monoisotopic (exact) mass is 276 g/mol. The first-order valence-corrected chi connectivity index (χ1v) is 6.29. The average Bonchev–Trinajstić information content (AvgIpc) is 2.83. The van der Waals surface area contributed by atoms with Gasteiger partial charge in [0, 0.05) is 5.38 Å². The maximum absolute atomic E-state index is 10.7. The van der Waals surface area contributed by atoms with E-state index in [-0.39, 0.29) is 5.56 Å². The quantitative estimate of drug-likeness (QED) is 0.587. The van der Waals surface area contributed by atoms with Gasteiger partial charge in [-0.2, -0.15) is 5.10 Å². The second-order valence-corrected chi connectivity index (χ2v) is 4.65. The van der Waals surface area contributed by atoms with Gasteiger partial charge in [-0.05, 0) is 31.2 Å². The molecule has 0 unspecified atom stereocenters. The summed E-state index contributed by atoms with van der Waals surface area (Å²) in [5.41, 5.74) is 10.7. The van der Waals surface area contributed by atoms with Gasteiger partial charge in [0.2, 0.25) is 0 Å². The Kier molecular flexibility index (Phi) is 3.76. The highest BCUT2D eigenvalue weighted by atomic mass is 32.1.